The lowest BCUT2D eigenvalue weighted by molar-refractivity contribution is 0.174. The van der Waals surface area contributed by atoms with E-state index in [2.05, 4.69) is 20.5 Å². The van der Waals surface area contributed by atoms with Gasteiger partial charge in [-0.2, -0.15) is 0 Å². The standard InChI is InChI=1S/C22H28N4O4/c1-23-22(24-12-15-4-5-20-21(8-15)30-14-29-20)25-16-6-7-26(13-16)17-9-18(27-2)11-19(10-17)28-3/h4-5,8-11,16H,6-7,12-14H2,1-3H3,(H2,23,24,25). The minimum Gasteiger partial charge on any atom is -0.497 e. The smallest absolute Gasteiger partial charge is 0.231 e. The summed E-state index contributed by atoms with van der Waals surface area (Å²) in [4.78, 5) is 6.70. The quantitative estimate of drug-likeness (QED) is 0.557. The molecule has 160 valence electrons. The summed E-state index contributed by atoms with van der Waals surface area (Å²) in [5.41, 5.74) is 2.21. The Morgan fingerprint density at radius 1 is 1.10 bits per heavy atom. The van der Waals surface area contributed by atoms with E-state index in [-0.39, 0.29) is 6.79 Å². The molecule has 0 bridgehead atoms. The average molecular weight is 412 g/mol. The summed E-state index contributed by atoms with van der Waals surface area (Å²) in [6, 6.07) is 12.2. The maximum Gasteiger partial charge on any atom is 0.231 e. The van der Waals surface area contributed by atoms with Crippen molar-refractivity contribution in [3.8, 4) is 23.0 Å². The Morgan fingerprint density at radius 3 is 2.60 bits per heavy atom. The number of anilines is 1. The third-order valence-corrected chi connectivity index (χ3v) is 5.35. The summed E-state index contributed by atoms with van der Waals surface area (Å²) < 4.78 is 21.6. The molecule has 0 saturated carbocycles. The molecule has 2 heterocycles. The largest absolute Gasteiger partial charge is 0.497 e. The molecular formula is C22H28N4O4. The molecule has 0 aliphatic carbocycles. The summed E-state index contributed by atoms with van der Waals surface area (Å²) in [5.74, 6) is 3.95. The number of fused-ring (bicyclic) bond motifs is 1. The highest BCUT2D eigenvalue weighted by Crippen LogP contribution is 2.32. The van der Waals surface area contributed by atoms with Crippen molar-refractivity contribution in [1.29, 1.82) is 0 Å². The Balaban J connectivity index is 1.33. The topological polar surface area (TPSA) is 76.6 Å². The summed E-state index contributed by atoms with van der Waals surface area (Å²) in [6.45, 7) is 2.76. The van der Waals surface area contributed by atoms with E-state index in [0.29, 0.717) is 12.6 Å². The first kappa shape index (κ1) is 20.0. The number of methoxy groups -OCH3 is 2. The van der Waals surface area contributed by atoms with Crippen LogP contribution in [0, 0.1) is 0 Å². The first-order valence-electron chi connectivity index (χ1n) is 10.0. The average Bonchev–Trinajstić information content (AvgIpc) is 3.45. The number of guanidine groups is 1. The van der Waals surface area contributed by atoms with Crippen LogP contribution in [-0.2, 0) is 6.54 Å². The second kappa shape index (κ2) is 9.02. The van der Waals surface area contributed by atoms with Gasteiger partial charge in [0.25, 0.3) is 0 Å². The fraction of sp³-hybridized carbons (Fsp3) is 0.409. The Labute approximate surface area is 176 Å². The van der Waals surface area contributed by atoms with Crippen molar-refractivity contribution in [2.45, 2.75) is 19.0 Å². The van der Waals surface area contributed by atoms with E-state index < -0.39 is 0 Å². The van der Waals surface area contributed by atoms with Crippen molar-refractivity contribution in [2.75, 3.05) is 46.0 Å². The maximum absolute atomic E-state index is 5.45. The molecule has 2 aromatic carbocycles. The van der Waals surface area contributed by atoms with Gasteiger partial charge in [-0.1, -0.05) is 6.07 Å². The van der Waals surface area contributed by atoms with Crippen LogP contribution < -0.4 is 34.5 Å². The van der Waals surface area contributed by atoms with Crippen molar-refractivity contribution >= 4 is 11.6 Å². The summed E-state index contributed by atoms with van der Waals surface area (Å²) >= 11 is 0. The van der Waals surface area contributed by atoms with Crippen molar-refractivity contribution in [2.24, 2.45) is 4.99 Å². The van der Waals surface area contributed by atoms with Crippen LogP contribution >= 0.6 is 0 Å². The number of benzene rings is 2. The van der Waals surface area contributed by atoms with Crippen LogP contribution in [0.5, 0.6) is 23.0 Å². The molecule has 8 heteroatoms. The molecule has 30 heavy (non-hydrogen) atoms. The van der Waals surface area contributed by atoms with Gasteiger partial charge in [-0.25, -0.2) is 0 Å². The third kappa shape index (κ3) is 4.48. The molecule has 1 fully saturated rings. The molecule has 2 aliphatic rings. The van der Waals surface area contributed by atoms with Crippen molar-refractivity contribution < 1.29 is 18.9 Å². The molecule has 4 rings (SSSR count). The molecule has 0 aromatic heterocycles. The molecule has 0 spiro atoms. The zero-order valence-electron chi connectivity index (χ0n) is 17.6. The highest BCUT2D eigenvalue weighted by Gasteiger charge is 2.24. The number of nitrogens with one attached hydrogen (secondary N) is 2. The van der Waals surface area contributed by atoms with Crippen molar-refractivity contribution in [3.05, 3.63) is 42.0 Å². The molecule has 0 amide bonds. The molecule has 2 aromatic rings. The van der Waals surface area contributed by atoms with Crippen LogP contribution in [0.2, 0.25) is 0 Å². The molecule has 0 radical (unpaired) electrons. The monoisotopic (exact) mass is 412 g/mol. The van der Waals surface area contributed by atoms with Crippen LogP contribution in [0.25, 0.3) is 0 Å². The van der Waals surface area contributed by atoms with Gasteiger partial charge in [0.05, 0.1) is 14.2 Å². The zero-order chi connectivity index (χ0) is 20.9. The van der Waals surface area contributed by atoms with E-state index in [1.54, 1.807) is 21.3 Å². The van der Waals surface area contributed by atoms with Crippen LogP contribution in [-0.4, -0.2) is 53.2 Å². The Bertz CT molecular complexity index is 896. The van der Waals surface area contributed by atoms with Gasteiger partial charge < -0.3 is 34.5 Å². The first-order chi connectivity index (χ1) is 14.7. The Morgan fingerprint density at radius 2 is 1.87 bits per heavy atom. The highest BCUT2D eigenvalue weighted by molar-refractivity contribution is 5.80. The number of rotatable bonds is 6. The summed E-state index contributed by atoms with van der Waals surface area (Å²) in [7, 11) is 5.13. The summed E-state index contributed by atoms with van der Waals surface area (Å²) in [5, 5.41) is 6.90. The zero-order valence-corrected chi connectivity index (χ0v) is 17.6. The minimum absolute atomic E-state index is 0.285. The highest BCUT2D eigenvalue weighted by atomic mass is 16.7. The van der Waals surface area contributed by atoms with Gasteiger partial charge in [-0.3, -0.25) is 4.99 Å². The van der Waals surface area contributed by atoms with Crippen molar-refractivity contribution in [1.82, 2.24) is 10.6 Å². The van der Waals surface area contributed by atoms with Crippen molar-refractivity contribution in [3.63, 3.8) is 0 Å². The number of hydrogen-bond donors (Lipinski definition) is 2. The SMILES string of the molecule is CN=C(NCc1ccc2c(c1)OCO2)NC1CCN(c2cc(OC)cc(OC)c2)C1. The van der Waals surface area contributed by atoms with Crippen LogP contribution in [0.4, 0.5) is 5.69 Å². The third-order valence-electron chi connectivity index (χ3n) is 5.35. The second-order valence-electron chi connectivity index (χ2n) is 7.26. The summed E-state index contributed by atoms with van der Waals surface area (Å²) in [6.07, 6.45) is 1.02. The van der Waals surface area contributed by atoms with Gasteiger partial charge in [0.15, 0.2) is 17.5 Å². The lowest BCUT2D eigenvalue weighted by atomic mass is 10.2. The lowest BCUT2D eigenvalue weighted by Crippen LogP contribution is -2.44. The number of nitrogens with zero attached hydrogens (tertiary/aromatic N) is 2. The van der Waals surface area contributed by atoms with Gasteiger partial charge in [-0.15, -0.1) is 0 Å². The molecule has 1 saturated heterocycles. The Hall–Kier alpha value is -3.29. The molecule has 2 N–H and O–H groups in total. The fourth-order valence-corrected chi connectivity index (χ4v) is 3.71. The van der Waals surface area contributed by atoms with E-state index in [1.165, 1.54) is 0 Å². The van der Waals surface area contributed by atoms with E-state index >= 15 is 0 Å². The van der Waals surface area contributed by atoms with Gasteiger partial charge >= 0.3 is 0 Å². The van der Waals surface area contributed by atoms with E-state index in [0.717, 1.165) is 59.7 Å². The van der Waals surface area contributed by atoms with Crippen LogP contribution in [0.3, 0.4) is 0 Å². The number of hydrogen-bond acceptors (Lipinski definition) is 6. The van der Waals surface area contributed by atoms with E-state index in [9.17, 15) is 0 Å². The minimum atomic E-state index is 0.285. The molecule has 2 aliphatic heterocycles. The first-order valence-corrected chi connectivity index (χ1v) is 10.0. The molecule has 8 nitrogen and oxygen atoms in total. The lowest BCUT2D eigenvalue weighted by Gasteiger charge is -2.21. The predicted molar refractivity (Wildman–Crippen MR) is 116 cm³/mol. The van der Waals surface area contributed by atoms with Gasteiger partial charge in [0.2, 0.25) is 6.79 Å². The van der Waals surface area contributed by atoms with Gasteiger partial charge in [0.1, 0.15) is 11.5 Å². The number of aliphatic imine (C=N–C) groups is 1. The number of ether oxygens (including phenoxy) is 4. The van der Waals surface area contributed by atoms with Gasteiger partial charge in [-0.05, 0) is 24.1 Å². The van der Waals surface area contributed by atoms with E-state index in [1.807, 2.05) is 36.4 Å². The maximum atomic E-state index is 5.45. The fourth-order valence-electron chi connectivity index (χ4n) is 3.71. The van der Waals surface area contributed by atoms with E-state index in [4.69, 9.17) is 18.9 Å². The second-order valence-corrected chi connectivity index (χ2v) is 7.26. The molecular weight excluding hydrogens is 384 g/mol. The molecule has 1 unspecified atom stereocenters. The van der Waals surface area contributed by atoms with Crippen LogP contribution in [0.15, 0.2) is 41.4 Å². The van der Waals surface area contributed by atoms with Crippen LogP contribution in [0.1, 0.15) is 12.0 Å². The Kier molecular flexibility index (Phi) is 6.02. The predicted octanol–water partition coefficient (Wildman–Crippen LogP) is 2.38. The normalized spacial score (nSPS) is 17.8. The molecule has 1 atom stereocenters. The van der Waals surface area contributed by atoms with Gasteiger partial charge in [0, 0.05) is 56.6 Å².